The lowest BCUT2D eigenvalue weighted by Gasteiger charge is -2.36. The summed E-state index contributed by atoms with van der Waals surface area (Å²) in [5.74, 6) is -0.521. The Kier molecular flexibility index (Phi) is 5.67. The number of amides is 2. The molecule has 156 valence electrons. The summed E-state index contributed by atoms with van der Waals surface area (Å²) < 4.78 is 0. The Labute approximate surface area is 182 Å². The average Bonchev–Trinajstić information content (AvgIpc) is 3.01. The highest BCUT2D eigenvalue weighted by molar-refractivity contribution is 6.45. The van der Waals surface area contributed by atoms with E-state index < -0.39 is 0 Å². The molecule has 0 aromatic heterocycles. The summed E-state index contributed by atoms with van der Waals surface area (Å²) in [6.45, 7) is 10.3. The summed E-state index contributed by atoms with van der Waals surface area (Å²) in [6.07, 6.45) is 0. The molecular formula is C24H26ClN3O2. The number of benzene rings is 2. The molecule has 0 bridgehead atoms. The van der Waals surface area contributed by atoms with Crippen LogP contribution in [0, 0.1) is 13.8 Å². The van der Waals surface area contributed by atoms with E-state index in [-0.39, 0.29) is 11.8 Å². The molecular weight excluding hydrogens is 398 g/mol. The van der Waals surface area contributed by atoms with E-state index in [0.29, 0.717) is 22.0 Å². The second kappa shape index (κ2) is 8.25. The summed E-state index contributed by atoms with van der Waals surface area (Å²) in [5, 5.41) is 0.598. The number of hydrogen-bond acceptors (Lipinski definition) is 4. The third-order valence-electron chi connectivity index (χ3n) is 6.14. The minimum absolute atomic E-state index is 0.247. The average molecular weight is 424 g/mol. The lowest BCUT2D eigenvalue weighted by Crippen LogP contribution is -2.47. The number of rotatable bonds is 4. The first kappa shape index (κ1) is 20.6. The number of anilines is 1. The fourth-order valence-electron chi connectivity index (χ4n) is 4.17. The van der Waals surface area contributed by atoms with Crippen LogP contribution in [0.2, 0.25) is 5.02 Å². The summed E-state index contributed by atoms with van der Waals surface area (Å²) >= 11 is 6.07. The van der Waals surface area contributed by atoms with Gasteiger partial charge in [-0.15, -0.1) is 0 Å². The number of hydrogen-bond donors (Lipinski definition) is 0. The minimum atomic E-state index is -0.274. The van der Waals surface area contributed by atoms with Crippen LogP contribution < -0.4 is 4.90 Å². The second-order valence-electron chi connectivity index (χ2n) is 7.82. The number of carbonyl (C=O) groups is 2. The number of likely N-dealkylation sites (N-methyl/N-ethyl adjacent to an activating group) is 1. The fraction of sp³-hybridized carbons (Fsp3) is 0.333. The maximum Gasteiger partial charge on any atom is 0.282 e. The van der Waals surface area contributed by atoms with Crippen LogP contribution in [-0.2, 0) is 9.59 Å². The quantitative estimate of drug-likeness (QED) is 0.700. The summed E-state index contributed by atoms with van der Waals surface area (Å²) in [6, 6.07) is 12.9. The fourth-order valence-corrected chi connectivity index (χ4v) is 4.30. The van der Waals surface area contributed by atoms with Crippen molar-refractivity contribution < 1.29 is 9.59 Å². The molecule has 2 amide bonds. The molecule has 4 rings (SSSR count). The molecule has 1 fully saturated rings. The molecule has 0 aliphatic carbocycles. The van der Waals surface area contributed by atoms with Crippen molar-refractivity contribution in [3.8, 4) is 0 Å². The minimum Gasteiger partial charge on any atom is -0.364 e. The van der Waals surface area contributed by atoms with Crippen LogP contribution in [0.25, 0.3) is 5.57 Å². The van der Waals surface area contributed by atoms with Crippen LogP contribution in [0.5, 0.6) is 0 Å². The zero-order valence-corrected chi connectivity index (χ0v) is 18.4. The first-order valence-electron chi connectivity index (χ1n) is 10.3. The van der Waals surface area contributed by atoms with Crippen molar-refractivity contribution in [2.45, 2.75) is 20.8 Å². The predicted octanol–water partition coefficient (Wildman–Crippen LogP) is 3.88. The Morgan fingerprint density at radius 1 is 0.900 bits per heavy atom. The van der Waals surface area contributed by atoms with Crippen LogP contribution in [-0.4, -0.2) is 54.3 Å². The van der Waals surface area contributed by atoms with Crippen molar-refractivity contribution in [2.24, 2.45) is 0 Å². The first-order valence-corrected chi connectivity index (χ1v) is 10.7. The highest BCUT2D eigenvalue weighted by Crippen LogP contribution is 2.37. The molecule has 0 atom stereocenters. The molecule has 30 heavy (non-hydrogen) atoms. The predicted molar refractivity (Wildman–Crippen MR) is 120 cm³/mol. The van der Waals surface area contributed by atoms with Crippen molar-refractivity contribution in [3.05, 3.63) is 69.9 Å². The van der Waals surface area contributed by atoms with Gasteiger partial charge in [0.15, 0.2) is 0 Å². The van der Waals surface area contributed by atoms with Gasteiger partial charge in [-0.3, -0.25) is 9.59 Å². The lowest BCUT2D eigenvalue weighted by molar-refractivity contribution is -0.120. The van der Waals surface area contributed by atoms with E-state index in [4.69, 9.17) is 11.6 Å². The van der Waals surface area contributed by atoms with Gasteiger partial charge in [0.25, 0.3) is 11.8 Å². The van der Waals surface area contributed by atoms with Gasteiger partial charge in [0.2, 0.25) is 0 Å². The topological polar surface area (TPSA) is 43.9 Å². The van der Waals surface area contributed by atoms with Crippen LogP contribution in [0.1, 0.15) is 23.6 Å². The molecule has 2 aromatic rings. The highest BCUT2D eigenvalue weighted by atomic mass is 35.5. The number of carbonyl (C=O) groups excluding carboxylic acids is 2. The molecule has 0 saturated carbocycles. The van der Waals surface area contributed by atoms with Gasteiger partial charge in [0.1, 0.15) is 5.70 Å². The van der Waals surface area contributed by atoms with Crippen LogP contribution in [0.15, 0.2) is 48.2 Å². The Balaban J connectivity index is 1.80. The first-order chi connectivity index (χ1) is 14.4. The normalized spacial score (nSPS) is 18.0. The van der Waals surface area contributed by atoms with Gasteiger partial charge in [-0.1, -0.05) is 42.8 Å². The highest BCUT2D eigenvalue weighted by Gasteiger charge is 2.43. The maximum absolute atomic E-state index is 13.6. The smallest absolute Gasteiger partial charge is 0.282 e. The molecule has 2 heterocycles. The third-order valence-corrected chi connectivity index (χ3v) is 6.40. The zero-order chi connectivity index (χ0) is 21.4. The van der Waals surface area contributed by atoms with E-state index in [1.807, 2.05) is 44.2 Å². The number of imide groups is 1. The zero-order valence-electron chi connectivity index (χ0n) is 17.6. The Bertz CT molecular complexity index is 1020. The van der Waals surface area contributed by atoms with Gasteiger partial charge in [0, 0.05) is 31.2 Å². The molecule has 2 aliphatic heterocycles. The number of halogens is 1. The van der Waals surface area contributed by atoms with Gasteiger partial charge in [-0.05, 0) is 55.3 Å². The van der Waals surface area contributed by atoms with Gasteiger partial charge in [-0.25, -0.2) is 4.90 Å². The van der Waals surface area contributed by atoms with Crippen molar-refractivity contribution in [1.29, 1.82) is 0 Å². The molecule has 0 radical (unpaired) electrons. The third kappa shape index (κ3) is 3.53. The molecule has 0 unspecified atom stereocenters. The van der Waals surface area contributed by atoms with Crippen molar-refractivity contribution in [2.75, 3.05) is 37.6 Å². The number of aryl methyl sites for hydroxylation is 1. The van der Waals surface area contributed by atoms with Gasteiger partial charge in [-0.2, -0.15) is 0 Å². The summed E-state index contributed by atoms with van der Waals surface area (Å²) in [7, 11) is 0. The van der Waals surface area contributed by atoms with E-state index in [2.05, 4.69) is 16.7 Å². The van der Waals surface area contributed by atoms with E-state index in [1.54, 1.807) is 12.1 Å². The van der Waals surface area contributed by atoms with Crippen molar-refractivity contribution in [3.63, 3.8) is 0 Å². The monoisotopic (exact) mass is 423 g/mol. The Hall–Kier alpha value is -2.63. The maximum atomic E-state index is 13.6. The molecule has 1 saturated heterocycles. The van der Waals surface area contributed by atoms with Gasteiger partial charge >= 0.3 is 0 Å². The van der Waals surface area contributed by atoms with Gasteiger partial charge in [0.05, 0.1) is 11.3 Å². The molecule has 0 N–H and O–H groups in total. The Morgan fingerprint density at radius 3 is 2.20 bits per heavy atom. The SMILES string of the molecule is CCN1CCN(C2=C(c3ccc(Cl)cc3)C(=O)N(c3cccc(C)c3C)C2=O)CC1. The largest absolute Gasteiger partial charge is 0.364 e. The molecule has 5 nitrogen and oxygen atoms in total. The summed E-state index contributed by atoms with van der Waals surface area (Å²) in [4.78, 5) is 33.0. The van der Waals surface area contributed by atoms with E-state index >= 15 is 0 Å². The number of piperazine rings is 1. The molecule has 6 heteroatoms. The van der Waals surface area contributed by atoms with Crippen molar-refractivity contribution in [1.82, 2.24) is 9.80 Å². The molecule has 2 aromatic carbocycles. The van der Waals surface area contributed by atoms with Gasteiger partial charge < -0.3 is 9.80 Å². The number of nitrogens with zero attached hydrogens (tertiary/aromatic N) is 3. The Morgan fingerprint density at radius 2 is 1.57 bits per heavy atom. The second-order valence-corrected chi connectivity index (χ2v) is 8.25. The van der Waals surface area contributed by atoms with E-state index in [1.165, 1.54) is 4.90 Å². The molecule has 0 spiro atoms. The van der Waals surface area contributed by atoms with Crippen LogP contribution in [0.4, 0.5) is 5.69 Å². The van der Waals surface area contributed by atoms with E-state index in [0.717, 1.165) is 49.4 Å². The summed E-state index contributed by atoms with van der Waals surface area (Å²) in [5.41, 5.74) is 4.32. The lowest BCUT2D eigenvalue weighted by atomic mass is 10.0. The van der Waals surface area contributed by atoms with Crippen LogP contribution >= 0.6 is 11.6 Å². The van der Waals surface area contributed by atoms with E-state index in [9.17, 15) is 9.59 Å². The molecule has 2 aliphatic rings. The standard InChI is InChI=1S/C24H26ClN3O2/c1-4-26-12-14-27(15-13-26)22-21(18-8-10-19(25)11-9-18)23(29)28(24(22)30)20-7-5-6-16(2)17(20)3/h5-11H,4,12-15H2,1-3H3. The van der Waals surface area contributed by atoms with Crippen molar-refractivity contribution >= 4 is 34.7 Å². The van der Waals surface area contributed by atoms with Crippen LogP contribution in [0.3, 0.4) is 0 Å².